The van der Waals surface area contributed by atoms with Gasteiger partial charge in [0.25, 0.3) is 0 Å². The standard InChI is InChI=1S/2C15H26O/c2*1-5-15(12-16)11-7-10-14(4)9-6-8-13(2)3/h8,10,12,15H,5-7,9,11H2,1-4H3;8,12,15H,4-7,9-11H2,1-3H3/b14-10+;. The molecule has 0 radical (unpaired) electrons. The minimum atomic E-state index is 0.252. The molecule has 0 spiro atoms. The normalized spacial score (nSPS) is 12.7. The van der Waals surface area contributed by atoms with Crippen LogP contribution in [0, 0.1) is 11.8 Å². The first kappa shape index (κ1) is 32.5. The molecule has 0 saturated heterocycles. The molecule has 0 aliphatic rings. The minimum Gasteiger partial charge on any atom is -0.303 e. The van der Waals surface area contributed by atoms with Crippen LogP contribution in [0.4, 0.5) is 0 Å². The molecule has 2 atom stereocenters. The van der Waals surface area contributed by atoms with Gasteiger partial charge >= 0.3 is 0 Å². The quantitative estimate of drug-likeness (QED) is 0.165. The van der Waals surface area contributed by atoms with Crippen molar-refractivity contribution in [3.05, 3.63) is 47.1 Å². The van der Waals surface area contributed by atoms with E-state index in [1.165, 1.54) is 22.3 Å². The lowest BCUT2D eigenvalue weighted by Gasteiger charge is -2.08. The highest BCUT2D eigenvalue weighted by Crippen LogP contribution is 2.16. The number of allylic oxidation sites excluding steroid dienone is 7. The summed E-state index contributed by atoms with van der Waals surface area (Å²) in [6.07, 6.45) is 20.6. The molecule has 2 unspecified atom stereocenters. The molecule has 0 saturated carbocycles. The molecular formula is C30H52O2. The Morgan fingerprint density at radius 1 is 0.688 bits per heavy atom. The molecule has 0 aromatic heterocycles. The Bertz CT molecular complexity index is 584. The zero-order valence-electron chi connectivity index (χ0n) is 22.3. The second-order valence-electron chi connectivity index (χ2n) is 9.52. The average Bonchev–Trinajstić information content (AvgIpc) is 2.74. The van der Waals surface area contributed by atoms with E-state index >= 15 is 0 Å². The van der Waals surface area contributed by atoms with Gasteiger partial charge in [-0.2, -0.15) is 0 Å². The van der Waals surface area contributed by atoms with E-state index in [0.29, 0.717) is 0 Å². The average molecular weight is 445 g/mol. The van der Waals surface area contributed by atoms with Crippen molar-refractivity contribution in [3.8, 4) is 0 Å². The topological polar surface area (TPSA) is 34.1 Å². The van der Waals surface area contributed by atoms with Gasteiger partial charge in [0.15, 0.2) is 0 Å². The number of carbonyl (C=O) groups is 2. The number of aldehydes is 2. The Kier molecular flexibility index (Phi) is 22.8. The fourth-order valence-corrected chi connectivity index (χ4v) is 3.28. The largest absolute Gasteiger partial charge is 0.303 e. The molecule has 2 nitrogen and oxygen atoms in total. The third kappa shape index (κ3) is 23.0. The minimum absolute atomic E-state index is 0.252. The SMILES string of the molecule is C=C(CCC=C(C)C)CCCC(C=O)CC.CCC(C=O)CC/C=C(\C)CCC=C(C)C. The van der Waals surface area contributed by atoms with Crippen molar-refractivity contribution in [2.45, 2.75) is 119 Å². The van der Waals surface area contributed by atoms with Gasteiger partial charge in [-0.15, -0.1) is 0 Å². The van der Waals surface area contributed by atoms with Crippen LogP contribution >= 0.6 is 0 Å². The van der Waals surface area contributed by atoms with Crippen LogP contribution in [-0.2, 0) is 9.59 Å². The van der Waals surface area contributed by atoms with Gasteiger partial charge in [0.2, 0.25) is 0 Å². The highest BCUT2D eigenvalue weighted by atomic mass is 16.1. The first-order valence-corrected chi connectivity index (χ1v) is 12.7. The smallest absolute Gasteiger partial charge is 0.123 e. The Morgan fingerprint density at radius 3 is 1.66 bits per heavy atom. The Morgan fingerprint density at radius 2 is 1.19 bits per heavy atom. The zero-order valence-corrected chi connectivity index (χ0v) is 22.3. The van der Waals surface area contributed by atoms with E-state index in [2.05, 4.69) is 73.3 Å². The molecule has 0 aliphatic heterocycles. The predicted molar refractivity (Wildman–Crippen MR) is 143 cm³/mol. The molecule has 2 heteroatoms. The van der Waals surface area contributed by atoms with Gasteiger partial charge < -0.3 is 9.59 Å². The molecule has 0 bridgehead atoms. The zero-order chi connectivity index (χ0) is 24.8. The van der Waals surface area contributed by atoms with Crippen LogP contribution in [0.1, 0.15) is 119 Å². The molecule has 184 valence electrons. The van der Waals surface area contributed by atoms with E-state index in [1.807, 2.05) is 0 Å². The van der Waals surface area contributed by atoms with E-state index < -0.39 is 0 Å². The lowest BCUT2D eigenvalue weighted by Crippen LogP contribution is -1.99. The summed E-state index contributed by atoms with van der Waals surface area (Å²) in [5.74, 6) is 0.507. The maximum Gasteiger partial charge on any atom is 0.123 e. The first-order chi connectivity index (χ1) is 15.2. The van der Waals surface area contributed by atoms with Gasteiger partial charge in [-0.1, -0.05) is 60.9 Å². The van der Waals surface area contributed by atoms with Crippen LogP contribution in [0.3, 0.4) is 0 Å². The summed E-state index contributed by atoms with van der Waals surface area (Å²) in [5, 5.41) is 0. The van der Waals surface area contributed by atoms with Crippen LogP contribution in [0.5, 0.6) is 0 Å². The molecular weight excluding hydrogens is 392 g/mol. The van der Waals surface area contributed by atoms with Crippen molar-refractivity contribution in [2.75, 3.05) is 0 Å². The highest BCUT2D eigenvalue weighted by molar-refractivity contribution is 5.53. The van der Waals surface area contributed by atoms with Crippen LogP contribution in [0.2, 0.25) is 0 Å². The maximum atomic E-state index is 10.6. The van der Waals surface area contributed by atoms with Crippen LogP contribution in [-0.4, -0.2) is 12.6 Å². The lowest BCUT2D eigenvalue weighted by molar-refractivity contribution is -0.112. The van der Waals surface area contributed by atoms with E-state index in [9.17, 15) is 9.59 Å². The summed E-state index contributed by atoms with van der Waals surface area (Å²) >= 11 is 0. The summed E-state index contributed by atoms with van der Waals surface area (Å²) in [6, 6.07) is 0. The van der Waals surface area contributed by atoms with E-state index in [1.54, 1.807) is 0 Å². The van der Waals surface area contributed by atoms with Gasteiger partial charge in [-0.3, -0.25) is 0 Å². The molecule has 0 fully saturated rings. The van der Waals surface area contributed by atoms with Gasteiger partial charge in [-0.25, -0.2) is 0 Å². The van der Waals surface area contributed by atoms with E-state index in [-0.39, 0.29) is 11.8 Å². The van der Waals surface area contributed by atoms with Crippen molar-refractivity contribution in [3.63, 3.8) is 0 Å². The predicted octanol–water partition coefficient (Wildman–Crippen LogP) is 9.37. The Labute approximate surface area is 200 Å². The first-order valence-electron chi connectivity index (χ1n) is 12.7. The lowest BCUT2D eigenvalue weighted by atomic mass is 9.97. The van der Waals surface area contributed by atoms with Crippen LogP contribution in [0.15, 0.2) is 47.1 Å². The summed E-state index contributed by atoms with van der Waals surface area (Å²) in [5.41, 5.74) is 5.52. The second kappa shape index (κ2) is 22.5. The van der Waals surface area contributed by atoms with E-state index in [4.69, 9.17) is 0 Å². The molecule has 0 rings (SSSR count). The Balaban J connectivity index is 0. The van der Waals surface area contributed by atoms with Gasteiger partial charge in [-0.05, 0) is 105 Å². The molecule has 0 N–H and O–H groups in total. The Hall–Kier alpha value is -1.70. The van der Waals surface area contributed by atoms with Crippen molar-refractivity contribution in [1.82, 2.24) is 0 Å². The monoisotopic (exact) mass is 444 g/mol. The molecule has 0 aliphatic carbocycles. The third-order valence-corrected chi connectivity index (χ3v) is 5.71. The molecule has 0 aromatic carbocycles. The maximum absolute atomic E-state index is 10.6. The molecule has 0 aromatic rings. The van der Waals surface area contributed by atoms with Gasteiger partial charge in [0, 0.05) is 11.8 Å². The van der Waals surface area contributed by atoms with Crippen molar-refractivity contribution < 1.29 is 9.59 Å². The molecule has 0 heterocycles. The number of rotatable bonds is 17. The van der Waals surface area contributed by atoms with Gasteiger partial charge in [0.05, 0.1) is 0 Å². The van der Waals surface area contributed by atoms with Crippen molar-refractivity contribution in [2.24, 2.45) is 11.8 Å². The fraction of sp³-hybridized carbons (Fsp3) is 0.667. The van der Waals surface area contributed by atoms with Crippen LogP contribution < -0.4 is 0 Å². The molecule has 32 heavy (non-hydrogen) atoms. The van der Waals surface area contributed by atoms with Crippen molar-refractivity contribution >= 4 is 12.6 Å². The highest BCUT2D eigenvalue weighted by Gasteiger charge is 2.04. The number of hydrogen-bond donors (Lipinski definition) is 0. The number of hydrogen-bond acceptors (Lipinski definition) is 2. The van der Waals surface area contributed by atoms with E-state index in [0.717, 1.165) is 83.2 Å². The summed E-state index contributed by atoms with van der Waals surface area (Å²) in [6.45, 7) is 18.9. The fourth-order valence-electron chi connectivity index (χ4n) is 3.28. The summed E-state index contributed by atoms with van der Waals surface area (Å²) < 4.78 is 0. The summed E-state index contributed by atoms with van der Waals surface area (Å²) in [4.78, 5) is 21.3. The van der Waals surface area contributed by atoms with Gasteiger partial charge in [0.1, 0.15) is 12.6 Å². The second-order valence-corrected chi connectivity index (χ2v) is 9.52. The third-order valence-electron chi connectivity index (χ3n) is 5.71. The number of carbonyl (C=O) groups excluding carboxylic acids is 2. The van der Waals surface area contributed by atoms with Crippen molar-refractivity contribution in [1.29, 1.82) is 0 Å². The molecule has 0 amide bonds. The summed E-state index contributed by atoms with van der Waals surface area (Å²) in [7, 11) is 0. The van der Waals surface area contributed by atoms with Crippen LogP contribution in [0.25, 0.3) is 0 Å².